The molecule has 2 amide bonds. The molecule has 1 aromatic heterocycles. The highest BCUT2D eigenvalue weighted by atomic mass is 32.2. The molecule has 2 heterocycles. The minimum atomic E-state index is -3.85. The van der Waals surface area contributed by atoms with Crippen molar-refractivity contribution in [2.24, 2.45) is 5.92 Å². The Morgan fingerprint density at radius 3 is 2.51 bits per heavy atom. The van der Waals surface area contributed by atoms with Crippen LogP contribution in [0.5, 0.6) is 5.75 Å². The maximum Gasteiger partial charge on any atom is 0.258 e. The Hall–Kier alpha value is -4.10. The van der Waals surface area contributed by atoms with Crippen molar-refractivity contribution in [3.05, 3.63) is 95.0 Å². The Labute approximate surface area is 267 Å². The Balaban J connectivity index is 1.47. The quantitative estimate of drug-likeness (QED) is 0.264. The summed E-state index contributed by atoms with van der Waals surface area (Å²) in [6.45, 7) is 5.46. The van der Waals surface area contributed by atoms with E-state index in [9.17, 15) is 23.1 Å². The molecule has 5 rings (SSSR count). The average Bonchev–Trinajstić information content (AvgIpc) is 3.58. The van der Waals surface area contributed by atoms with E-state index in [1.165, 1.54) is 22.7 Å². The summed E-state index contributed by atoms with van der Waals surface area (Å²) in [6.07, 6.45) is 1.02. The first-order valence-electron chi connectivity index (χ1n) is 14.6. The van der Waals surface area contributed by atoms with Crippen molar-refractivity contribution in [1.29, 1.82) is 0 Å². The zero-order valence-electron chi connectivity index (χ0n) is 25.5. The van der Waals surface area contributed by atoms with E-state index in [4.69, 9.17) is 4.74 Å². The van der Waals surface area contributed by atoms with Crippen molar-refractivity contribution in [2.45, 2.75) is 37.8 Å². The van der Waals surface area contributed by atoms with Crippen LogP contribution in [0.1, 0.15) is 40.1 Å². The third-order valence-electron chi connectivity index (χ3n) is 7.93. The van der Waals surface area contributed by atoms with E-state index in [2.05, 4.69) is 10.3 Å². The highest BCUT2D eigenvalue weighted by Crippen LogP contribution is 2.35. The summed E-state index contributed by atoms with van der Waals surface area (Å²) in [7, 11) is -2.35. The minimum Gasteiger partial charge on any atom is -0.486 e. The van der Waals surface area contributed by atoms with Gasteiger partial charge in [-0.25, -0.2) is 13.4 Å². The van der Waals surface area contributed by atoms with Gasteiger partial charge in [0.2, 0.25) is 10.0 Å². The van der Waals surface area contributed by atoms with Crippen LogP contribution < -0.4 is 10.1 Å². The van der Waals surface area contributed by atoms with E-state index in [0.717, 1.165) is 16.1 Å². The van der Waals surface area contributed by atoms with Gasteiger partial charge in [-0.2, -0.15) is 4.31 Å². The van der Waals surface area contributed by atoms with Gasteiger partial charge in [0.25, 0.3) is 11.8 Å². The summed E-state index contributed by atoms with van der Waals surface area (Å²) in [5, 5.41) is 15.6. The first-order valence-corrected chi connectivity index (χ1v) is 16.9. The van der Waals surface area contributed by atoms with Crippen LogP contribution in [0.15, 0.2) is 83.2 Å². The number of rotatable bonds is 9. The maximum absolute atomic E-state index is 13.8. The van der Waals surface area contributed by atoms with Crippen molar-refractivity contribution >= 4 is 38.9 Å². The number of hydrogen-bond acceptors (Lipinski definition) is 8. The number of aliphatic hydroxyl groups is 1. The van der Waals surface area contributed by atoms with Crippen LogP contribution in [0.25, 0.3) is 10.6 Å². The van der Waals surface area contributed by atoms with Gasteiger partial charge in [-0.15, -0.1) is 11.3 Å². The largest absolute Gasteiger partial charge is 0.486 e. The number of aryl methyl sites for hydroxylation is 1. The summed E-state index contributed by atoms with van der Waals surface area (Å²) >= 11 is 1.50. The van der Waals surface area contributed by atoms with Crippen LogP contribution in [-0.2, 0) is 10.0 Å². The van der Waals surface area contributed by atoms with Gasteiger partial charge in [0.15, 0.2) is 5.75 Å². The van der Waals surface area contributed by atoms with Gasteiger partial charge in [-0.1, -0.05) is 42.8 Å². The first kappa shape index (κ1) is 32.3. The number of amides is 2. The van der Waals surface area contributed by atoms with Crippen LogP contribution in [-0.4, -0.2) is 78.4 Å². The van der Waals surface area contributed by atoms with Gasteiger partial charge >= 0.3 is 0 Å². The maximum atomic E-state index is 13.8. The molecule has 45 heavy (non-hydrogen) atoms. The molecule has 12 heteroatoms. The molecule has 0 saturated heterocycles. The van der Waals surface area contributed by atoms with Crippen molar-refractivity contribution in [3.8, 4) is 16.3 Å². The van der Waals surface area contributed by atoms with Crippen molar-refractivity contribution < 1.29 is 27.9 Å². The third-order valence-corrected chi connectivity index (χ3v) is 10.6. The molecule has 0 bridgehead atoms. The molecule has 0 radical (unpaired) electrons. The van der Waals surface area contributed by atoms with E-state index in [0.29, 0.717) is 5.56 Å². The molecule has 0 fully saturated rings. The number of fused-ring (bicyclic) bond motifs is 1. The topological polar surface area (TPSA) is 129 Å². The average molecular weight is 649 g/mol. The van der Waals surface area contributed by atoms with Crippen LogP contribution in [0.3, 0.4) is 0 Å². The Morgan fingerprint density at radius 1 is 1.16 bits per heavy atom. The fourth-order valence-corrected chi connectivity index (χ4v) is 6.95. The predicted molar refractivity (Wildman–Crippen MR) is 174 cm³/mol. The first-order chi connectivity index (χ1) is 21.5. The van der Waals surface area contributed by atoms with Gasteiger partial charge in [-0.3, -0.25) is 9.59 Å². The van der Waals surface area contributed by atoms with Gasteiger partial charge in [-0.05, 0) is 50.2 Å². The smallest absolute Gasteiger partial charge is 0.258 e. The Morgan fingerprint density at radius 2 is 1.87 bits per heavy atom. The summed E-state index contributed by atoms with van der Waals surface area (Å²) in [6, 6.07) is 18.1. The lowest BCUT2D eigenvalue weighted by Crippen LogP contribution is -2.50. The van der Waals surface area contributed by atoms with Gasteiger partial charge in [0.05, 0.1) is 35.3 Å². The summed E-state index contributed by atoms with van der Waals surface area (Å²) < 4.78 is 34.7. The standard InChI is InChI=1S/C33H36N4O6S2/c1-21-8-14-26(15-9-21)45(41,42)36(4)19-29-22(2)18-37(23(3)20-38)33(40)27-6-5-7-28(30(27)43-29)35-31(39)24-10-12-25(13-11-24)32-34-16-17-44-32/h5-17,22-23,29,38H,18-20H2,1-4H3,(H,35,39)/t22-,23+,29-/m0/s1. The molecule has 0 spiro atoms. The minimum absolute atomic E-state index is 0.0210. The van der Waals surface area contributed by atoms with Gasteiger partial charge in [0.1, 0.15) is 11.1 Å². The van der Waals surface area contributed by atoms with Gasteiger partial charge in [0, 0.05) is 42.2 Å². The van der Waals surface area contributed by atoms with Crippen LogP contribution >= 0.6 is 11.3 Å². The molecule has 10 nitrogen and oxygen atoms in total. The number of nitrogens with one attached hydrogen (secondary N) is 1. The van der Waals surface area contributed by atoms with Crippen molar-refractivity contribution in [3.63, 3.8) is 0 Å². The monoisotopic (exact) mass is 648 g/mol. The molecule has 0 aliphatic carbocycles. The molecule has 1 aliphatic rings. The lowest BCUT2D eigenvalue weighted by Gasteiger charge is -2.38. The number of aliphatic hydroxyl groups excluding tert-OH is 1. The number of carbonyl (C=O) groups excluding carboxylic acids is 2. The van der Waals surface area contributed by atoms with E-state index in [1.54, 1.807) is 72.6 Å². The number of ether oxygens (including phenoxy) is 1. The summed E-state index contributed by atoms with van der Waals surface area (Å²) in [5.74, 6) is -0.963. The van der Waals surface area contributed by atoms with Gasteiger partial charge < -0.3 is 20.1 Å². The molecule has 3 aromatic carbocycles. The molecular weight excluding hydrogens is 613 g/mol. The van der Waals surface area contributed by atoms with E-state index in [-0.39, 0.29) is 53.4 Å². The van der Waals surface area contributed by atoms with Crippen LogP contribution in [0.2, 0.25) is 0 Å². The Bertz CT molecular complexity index is 1760. The number of anilines is 1. The highest BCUT2D eigenvalue weighted by Gasteiger charge is 2.36. The van der Waals surface area contributed by atoms with E-state index >= 15 is 0 Å². The number of carbonyl (C=O) groups is 2. The lowest BCUT2D eigenvalue weighted by atomic mass is 9.99. The molecule has 3 atom stereocenters. The summed E-state index contributed by atoms with van der Waals surface area (Å²) in [4.78, 5) is 33.2. The van der Waals surface area contributed by atoms with Crippen molar-refractivity contribution in [1.82, 2.24) is 14.2 Å². The molecule has 0 saturated carbocycles. The predicted octanol–water partition coefficient (Wildman–Crippen LogP) is 4.91. The van der Waals surface area contributed by atoms with E-state index in [1.807, 2.05) is 31.4 Å². The molecule has 0 unspecified atom stereocenters. The number of benzene rings is 3. The normalized spacial score (nSPS) is 17.6. The number of hydrogen-bond donors (Lipinski definition) is 2. The SMILES string of the molecule is Cc1ccc(S(=O)(=O)N(C)C[C@@H]2Oc3c(NC(=O)c4ccc(-c5nccs5)cc4)cccc3C(=O)N([C@H](C)CO)C[C@@H]2C)cc1. The zero-order valence-corrected chi connectivity index (χ0v) is 27.1. The second-order valence-corrected chi connectivity index (χ2v) is 14.2. The second-order valence-electron chi connectivity index (χ2n) is 11.3. The number of sulfonamides is 1. The zero-order chi connectivity index (χ0) is 32.3. The number of aromatic nitrogens is 1. The number of para-hydroxylation sites is 1. The third kappa shape index (κ3) is 6.94. The number of nitrogens with zero attached hydrogens (tertiary/aromatic N) is 3. The fraction of sp³-hybridized carbons (Fsp3) is 0.303. The van der Waals surface area contributed by atoms with Crippen LogP contribution in [0.4, 0.5) is 5.69 Å². The number of thiazole rings is 1. The van der Waals surface area contributed by atoms with E-state index < -0.39 is 28.1 Å². The number of likely N-dealkylation sites (N-methyl/N-ethyl adjacent to an activating group) is 1. The molecular formula is C33H36N4O6S2. The Kier molecular flexibility index (Phi) is 9.68. The van der Waals surface area contributed by atoms with Crippen LogP contribution in [0, 0.1) is 12.8 Å². The molecule has 1 aliphatic heterocycles. The van der Waals surface area contributed by atoms with Crippen molar-refractivity contribution in [2.75, 3.05) is 32.1 Å². The molecule has 4 aromatic rings. The molecule has 236 valence electrons. The highest BCUT2D eigenvalue weighted by molar-refractivity contribution is 7.89. The molecule has 2 N–H and O–H groups in total. The summed E-state index contributed by atoms with van der Waals surface area (Å²) in [5.41, 5.74) is 2.70. The fourth-order valence-electron chi connectivity index (χ4n) is 5.13. The lowest BCUT2D eigenvalue weighted by molar-refractivity contribution is 0.0388. The second kappa shape index (κ2) is 13.5.